The average molecular weight is 987 g/mol. The Morgan fingerprint density at radius 3 is 1.09 bits per heavy atom. The highest BCUT2D eigenvalue weighted by atomic mass is 16.5. The van der Waals surface area contributed by atoms with Crippen molar-refractivity contribution in [2.75, 3.05) is 13.2 Å². The third-order valence-electron chi connectivity index (χ3n) is 14.8. The van der Waals surface area contributed by atoms with Gasteiger partial charge in [-0.05, 0) is 57.8 Å². The third kappa shape index (κ3) is 55.7. The summed E-state index contributed by atoms with van der Waals surface area (Å²) in [5, 5.41) is 23.3. The second-order valence-corrected chi connectivity index (χ2v) is 21.7. The molecule has 0 aliphatic carbocycles. The van der Waals surface area contributed by atoms with Crippen LogP contribution in [-0.4, -0.2) is 47.4 Å². The van der Waals surface area contributed by atoms with Crippen LogP contribution >= 0.6 is 0 Å². The summed E-state index contributed by atoms with van der Waals surface area (Å²) in [5.74, 6) is -0.0254. The van der Waals surface area contributed by atoms with E-state index >= 15 is 0 Å². The lowest BCUT2D eigenvalue weighted by Gasteiger charge is -2.22. The summed E-state index contributed by atoms with van der Waals surface area (Å²) in [5.41, 5.74) is 0. The molecule has 3 N–H and O–H groups in total. The van der Waals surface area contributed by atoms with Crippen LogP contribution in [0.5, 0.6) is 0 Å². The summed E-state index contributed by atoms with van der Waals surface area (Å²) in [6, 6.07) is -0.543. The number of amides is 1. The summed E-state index contributed by atoms with van der Waals surface area (Å²) in [6.07, 6.45) is 73.4. The molecule has 70 heavy (non-hydrogen) atoms. The van der Waals surface area contributed by atoms with Crippen molar-refractivity contribution in [1.82, 2.24) is 5.32 Å². The highest BCUT2D eigenvalue weighted by Gasteiger charge is 2.20. The van der Waals surface area contributed by atoms with E-state index in [9.17, 15) is 19.8 Å². The van der Waals surface area contributed by atoms with Gasteiger partial charge in [0.2, 0.25) is 5.91 Å². The molecule has 0 aliphatic rings. The van der Waals surface area contributed by atoms with Gasteiger partial charge in [0, 0.05) is 12.8 Å². The molecule has 1 amide bonds. The maximum atomic E-state index is 12.5. The quantitative estimate of drug-likeness (QED) is 0.0321. The zero-order chi connectivity index (χ0) is 50.7. The molecule has 0 fully saturated rings. The summed E-state index contributed by atoms with van der Waals surface area (Å²) in [4.78, 5) is 24.5. The van der Waals surface area contributed by atoms with Crippen LogP contribution in [0.15, 0.2) is 24.3 Å². The number of unbranched alkanes of at least 4 members (excludes halogenated alkanes) is 44. The van der Waals surface area contributed by atoms with Crippen molar-refractivity contribution in [3.8, 4) is 0 Å². The fourth-order valence-electron chi connectivity index (χ4n) is 9.91. The topological polar surface area (TPSA) is 95.9 Å². The molecular formula is C64H123NO5. The zero-order valence-electron chi connectivity index (χ0n) is 47.3. The average Bonchev–Trinajstić information content (AvgIpc) is 3.36. The number of aliphatic hydroxyl groups is 2. The Kier molecular flexibility index (Phi) is 58.5. The molecule has 2 atom stereocenters. The first-order valence-electron chi connectivity index (χ1n) is 31.6. The van der Waals surface area contributed by atoms with E-state index in [4.69, 9.17) is 4.74 Å². The van der Waals surface area contributed by atoms with Crippen LogP contribution in [-0.2, 0) is 14.3 Å². The fraction of sp³-hybridized carbons (Fsp3) is 0.906. The van der Waals surface area contributed by atoms with E-state index in [0.717, 1.165) is 44.9 Å². The monoisotopic (exact) mass is 986 g/mol. The largest absolute Gasteiger partial charge is 0.466 e. The van der Waals surface area contributed by atoms with Crippen LogP contribution in [0.2, 0.25) is 0 Å². The first kappa shape index (κ1) is 68.3. The van der Waals surface area contributed by atoms with Crippen molar-refractivity contribution in [2.45, 2.75) is 360 Å². The molecule has 0 aliphatic heterocycles. The normalized spacial score (nSPS) is 12.7. The molecule has 6 heteroatoms. The molecule has 0 bridgehead atoms. The second kappa shape index (κ2) is 59.9. The standard InChI is InChI=1S/C64H123NO5/c1-3-5-7-9-11-13-15-16-30-33-37-40-44-48-52-56-62(67)61(60-66)65-63(68)57-53-49-45-41-38-34-31-28-26-24-22-20-18-17-19-21-23-25-27-29-32-35-39-43-47-51-55-59-70-64(69)58-54-50-46-42-36-14-12-10-8-6-4-2/h17-18,21,23,61-62,66-67H,3-16,19-20,22,24-60H2,1-2H3,(H,65,68)/b18-17-,23-21-. The SMILES string of the molecule is CCCCCCCCCCCCCCCCCC(O)C(CO)NC(=O)CCCCCCCCCCCCC/C=C\C/C=C\CCCCCCCCCCCOC(=O)CCCCCCCCCCCCC. The summed E-state index contributed by atoms with van der Waals surface area (Å²) >= 11 is 0. The van der Waals surface area contributed by atoms with Gasteiger partial charge in [0.25, 0.3) is 0 Å². The maximum absolute atomic E-state index is 12.5. The molecule has 0 heterocycles. The van der Waals surface area contributed by atoms with Gasteiger partial charge in [0.05, 0.1) is 25.4 Å². The van der Waals surface area contributed by atoms with Crippen molar-refractivity contribution in [2.24, 2.45) is 0 Å². The van der Waals surface area contributed by atoms with Crippen molar-refractivity contribution in [3.63, 3.8) is 0 Å². The Morgan fingerprint density at radius 2 is 0.714 bits per heavy atom. The highest BCUT2D eigenvalue weighted by Crippen LogP contribution is 2.18. The van der Waals surface area contributed by atoms with E-state index < -0.39 is 12.1 Å². The Balaban J connectivity index is 3.42. The molecule has 0 saturated carbocycles. The van der Waals surface area contributed by atoms with Crippen LogP contribution in [0, 0.1) is 0 Å². The van der Waals surface area contributed by atoms with Gasteiger partial charge in [0.15, 0.2) is 0 Å². The number of carbonyl (C=O) groups is 2. The molecule has 6 nitrogen and oxygen atoms in total. The van der Waals surface area contributed by atoms with E-state index in [1.807, 2.05) is 0 Å². The molecule has 414 valence electrons. The minimum absolute atomic E-state index is 0.0106. The molecule has 0 saturated heterocycles. The number of nitrogens with one attached hydrogen (secondary N) is 1. The Morgan fingerprint density at radius 1 is 0.400 bits per heavy atom. The van der Waals surface area contributed by atoms with Gasteiger partial charge < -0.3 is 20.3 Å². The first-order valence-corrected chi connectivity index (χ1v) is 31.6. The van der Waals surface area contributed by atoms with Gasteiger partial charge >= 0.3 is 5.97 Å². The smallest absolute Gasteiger partial charge is 0.305 e. The van der Waals surface area contributed by atoms with Gasteiger partial charge in [0.1, 0.15) is 0 Å². The molecule has 0 rings (SSSR count). The number of carbonyl (C=O) groups excluding carboxylic acids is 2. The summed E-state index contributed by atoms with van der Waals surface area (Å²) in [6.45, 7) is 4.96. The van der Waals surface area contributed by atoms with E-state index in [0.29, 0.717) is 25.9 Å². The number of rotatable bonds is 59. The lowest BCUT2D eigenvalue weighted by atomic mass is 10.0. The molecule has 0 spiro atoms. The Hall–Kier alpha value is -1.66. The lowest BCUT2D eigenvalue weighted by molar-refractivity contribution is -0.143. The van der Waals surface area contributed by atoms with Crippen molar-refractivity contribution < 1.29 is 24.5 Å². The van der Waals surface area contributed by atoms with Crippen molar-refractivity contribution in [3.05, 3.63) is 24.3 Å². The van der Waals surface area contributed by atoms with Gasteiger partial charge in [-0.3, -0.25) is 9.59 Å². The minimum atomic E-state index is -0.666. The van der Waals surface area contributed by atoms with Crippen LogP contribution in [0.25, 0.3) is 0 Å². The Bertz CT molecular complexity index is 1090. The summed E-state index contributed by atoms with van der Waals surface area (Å²) < 4.78 is 5.46. The minimum Gasteiger partial charge on any atom is -0.466 e. The number of allylic oxidation sites excluding steroid dienone is 4. The maximum Gasteiger partial charge on any atom is 0.305 e. The van der Waals surface area contributed by atoms with E-state index in [-0.39, 0.29) is 18.5 Å². The van der Waals surface area contributed by atoms with Crippen LogP contribution < -0.4 is 5.32 Å². The van der Waals surface area contributed by atoms with E-state index in [1.165, 1.54) is 270 Å². The molecule has 0 aromatic carbocycles. The van der Waals surface area contributed by atoms with Gasteiger partial charge in [-0.1, -0.05) is 301 Å². The van der Waals surface area contributed by atoms with Gasteiger partial charge in [-0.2, -0.15) is 0 Å². The predicted molar refractivity (Wildman–Crippen MR) is 306 cm³/mol. The summed E-state index contributed by atoms with van der Waals surface area (Å²) in [7, 11) is 0. The highest BCUT2D eigenvalue weighted by molar-refractivity contribution is 5.76. The molecule has 2 unspecified atom stereocenters. The van der Waals surface area contributed by atoms with E-state index in [2.05, 4.69) is 43.5 Å². The number of hydrogen-bond donors (Lipinski definition) is 3. The number of esters is 1. The molecule has 0 aromatic rings. The van der Waals surface area contributed by atoms with Crippen LogP contribution in [0.1, 0.15) is 348 Å². The first-order chi connectivity index (χ1) is 34.5. The zero-order valence-corrected chi connectivity index (χ0v) is 47.3. The lowest BCUT2D eigenvalue weighted by Crippen LogP contribution is -2.45. The van der Waals surface area contributed by atoms with Crippen LogP contribution in [0.4, 0.5) is 0 Å². The third-order valence-corrected chi connectivity index (χ3v) is 14.8. The van der Waals surface area contributed by atoms with Gasteiger partial charge in [-0.25, -0.2) is 0 Å². The second-order valence-electron chi connectivity index (χ2n) is 21.7. The number of ether oxygens (including phenoxy) is 1. The van der Waals surface area contributed by atoms with Crippen molar-refractivity contribution >= 4 is 11.9 Å². The van der Waals surface area contributed by atoms with Crippen molar-refractivity contribution in [1.29, 1.82) is 0 Å². The molecule has 0 aromatic heterocycles. The fourth-order valence-corrected chi connectivity index (χ4v) is 9.91. The van der Waals surface area contributed by atoms with Crippen LogP contribution in [0.3, 0.4) is 0 Å². The van der Waals surface area contributed by atoms with E-state index in [1.54, 1.807) is 0 Å². The molecular weight excluding hydrogens is 863 g/mol. The number of aliphatic hydroxyl groups excluding tert-OH is 2. The molecule has 0 radical (unpaired) electrons. The predicted octanol–water partition coefficient (Wildman–Crippen LogP) is 19.8. The Labute approximate surface area is 437 Å². The van der Waals surface area contributed by atoms with Gasteiger partial charge in [-0.15, -0.1) is 0 Å². The number of hydrogen-bond acceptors (Lipinski definition) is 5.